The molecule has 2 heterocycles. The Morgan fingerprint density at radius 1 is 0.500 bits per heavy atom. The van der Waals surface area contributed by atoms with Crippen molar-refractivity contribution in [2.75, 3.05) is 4.90 Å². The van der Waals surface area contributed by atoms with E-state index in [1.54, 1.807) is 0 Å². The summed E-state index contributed by atoms with van der Waals surface area (Å²) in [5.41, 5.74) is 7.34. The first kappa shape index (κ1) is 22.5. The lowest BCUT2D eigenvalue weighted by Gasteiger charge is -2.25. The summed E-state index contributed by atoms with van der Waals surface area (Å²) >= 11 is 0. The molecule has 8 aromatic rings. The van der Waals surface area contributed by atoms with E-state index in [2.05, 4.69) is 149 Å². The fourth-order valence-corrected chi connectivity index (χ4v) is 5.80. The summed E-state index contributed by atoms with van der Waals surface area (Å²) in [6, 6.07) is 48.8. The molecular formula is C36H24N4. The van der Waals surface area contributed by atoms with Crippen molar-refractivity contribution in [1.82, 2.24) is 14.5 Å². The van der Waals surface area contributed by atoms with E-state index in [0.29, 0.717) is 0 Å². The van der Waals surface area contributed by atoms with E-state index >= 15 is 0 Å². The molecule has 40 heavy (non-hydrogen) atoms. The quantitative estimate of drug-likeness (QED) is 0.220. The molecule has 0 bridgehead atoms. The van der Waals surface area contributed by atoms with Crippen LogP contribution in [0, 0.1) is 0 Å². The third kappa shape index (κ3) is 3.54. The monoisotopic (exact) mass is 512 g/mol. The Balaban J connectivity index is 1.35. The maximum Gasteiger partial charge on any atom is 0.156 e. The molecule has 6 aromatic carbocycles. The summed E-state index contributed by atoms with van der Waals surface area (Å²) < 4.78 is 2.23. The van der Waals surface area contributed by atoms with Crippen molar-refractivity contribution in [1.29, 1.82) is 0 Å². The molecule has 0 unspecified atom stereocenters. The van der Waals surface area contributed by atoms with Crippen LogP contribution >= 0.6 is 0 Å². The van der Waals surface area contributed by atoms with Gasteiger partial charge < -0.3 is 4.90 Å². The zero-order chi connectivity index (χ0) is 26.5. The van der Waals surface area contributed by atoms with Crippen LogP contribution in [0.3, 0.4) is 0 Å². The van der Waals surface area contributed by atoms with E-state index in [9.17, 15) is 0 Å². The van der Waals surface area contributed by atoms with Gasteiger partial charge in [-0.05, 0) is 60.0 Å². The topological polar surface area (TPSA) is 34.0 Å². The molecule has 0 aliphatic carbocycles. The van der Waals surface area contributed by atoms with Crippen LogP contribution in [-0.2, 0) is 0 Å². The molecule has 8 rings (SSSR count). The lowest BCUT2D eigenvalue weighted by Crippen LogP contribution is -2.09. The Morgan fingerprint density at radius 3 is 1.93 bits per heavy atom. The number of fused-ring (bicyclic) bond motifs is 6. The molecule has 4 nitrogen and oxygen atoms in total. The van der Waals surface area contributed by atoms with Crippen LogP contribution < -0.4 is 4.90 Å². The molecule has 0 spiro atoms. The van der Waals surface area contributed by atoms with Gasteiger partial charge in [-0.15, -0.1) is 0 Å². The summed E-state index contributed by atoms with van der Waals surface area (Å²) in [6.07, 6.45) is 1.90. The number of anilines is 3. The van der Waals surface area contributed by atoms with Crippen LogP contribution in [0.25, 0.3) is 49.4 Å². The van der Waals surface area contributed by atoms with E-state index in [1.807, 2.05) is 6.20 Å². The Kier molecular flexibility index (Phi) is 5.10. The Labute approximate surface area is 231 Å². The number of hydrogen-bond acceptors (Lipinski definition) is 3. The molecule has 0 fully saturated rings. The molecule has 0 saturated heterocycles. The Bertz CT molecular complexity index is 2130. The zero-order valence-electron chi connectivity index (χ0n) is 21.6. The van der Waals surface area contributed by atoms with E-state index in [-0.39, 0.29) is 0 Å². The maximum atomic E-state index is 5.11. The van der Waals surface area contributed by atoms with Crippen molar-refractivity contribution in [2.45, 2.75) is 0 Å². The fraction of sp³-hybridized carbons (Fsp3) is 0. The minimum absolute atomic E-state index is 0.810. The van der Waals surface area contributed by atoms with Crippen molar-refractivity contribution in [2.24, 2.45) is 0 Å². The normalized spacial score (nSPS) is 11.5. The fourth-order valence-electron chi connectivity index (χ4n) is 5.80. The van der Waals surface area contributed by atoms with Gasteiger partial charge in [-0.1, -0.05) is 84.9 Å². The molecule has 0 aliphatic rings. The highest BCUT2D eigenvalue weighted by molar-refractivity contribution is 6.11. The van der Waals surface area contributed by atoms with Crippen LogP contribution in [0.15, 0.2) is 146 Å². The van der Waals surface area contributed by atoms with Crippen LogP contribution in [-0.4, -0.2) is 14.5 Å². The van der Waals surface area contributed by atoms with Crippen LogP contribution in [0.2, 0.25) is 0 Å². The van der Waals surface area contributed by atoms with Crippen molar-refractivity contribution in [3.05, 3.63) is 146 Å². The van der Waals surface area contributed by atoms with E-state index in [4.69, 9.17) is 9.97 Å². The van der Waals surface area contributed by atoms with Gasteiger partial charge in [0.15, 0.2) is 5.82 Å². The average molecular weight is 513 g/mol. The van der Waals surface area contributed by atoms with Crippen molar-refractivity contribution in [3.8, 4) is 5.82 Å². The largest absolute Gasteiger partial charge is 0.310 e. The lowest BCUT2D eigenvalue weighted by atomic mass is 10.1. The summed E-state index contributed by atoms with van der Waals surface area (Å²) in [4.78, 5) is 12.3. The van der Waals surface area contributed by atoms with Crippen molar-refractivity contribution >= 4 is 60.7 Å². The van der Waals surface area contributed by atoms with Gasteiger partial charge in [0, 0.05) is 33.2 Å². The second kappa shape index (κ2) is 9.07. The number of nitrogens with zero attached hydrogens (tertiary/aromatic N) is 4. The average Bonchev–Trinajstić information content (AvgIpc) is 3.36. The third-order valence-electron chi connectivity index (χ3n) is 7.60. The van der Waals surface area contributed by atoms with Crippen LogP contribution in [0.4, 0.5) is 17.1 Å². The Hall–Kier alpha value is -5.48. The highest BCUT2D eigenvalue weighted by atomic mass is 15.1. The first-order valence-electron chi connectivity index (χ1n) is 13.4. The van der Waals surface area contributed by atoms with Gasteiger partial charge in [0.2, 0.25) is 0 Å². The van der Waals surface area contributed by atoms with Gasteiger partial charge in [-0.3, -0.25) is 9.55 Å². The zero-order valence-corrected chi connectivity index (χ0v) is 21.6. The molecular weight excluding hydrogens is 488 g/mol. The standard InChI is InChI=1S/C36H24N4/c1-3-12-26(13-4-1)39(27-14-5-2-6-15-27)28-20-22-34-31(23-28)30-17-9-10-18-33(30)40(34)35-24-37-36-29-16-8-7-11-25(29)19-21-32(36)38-35/h1-24H. The van der Waals surface area contributed by atoms with E-state index in [1.165, 1.54) is 16.2 Å². The van der Waals surface area contributed by atoms with Crippen molar-refractivity contribution < 1.29 is 0 Å². The van der Waals surface area contributed by atoms with Gasteiger partial charge in [0.1, 0.15) is 0 Å². The van der Waals surface area contributed by atoms with Gasteiger partial charge >= 0.3 is 0 Å². The molecule has 0 aliphatic heterocycles. The number of aromatic nitrogens is 3. The van der Waals surface area contributed by atoms with Crippen molar-refractivity contribution in [3.63, 3.8) is 0 Å². The summed E-state index contributed by atoms with van der Waals surface area (Å²) in [5.74, 6) is 0.810. The minimum atomic E-state index is 0.810. The molecule has 0 atom stereocenters. The predicted octanol–water partition coefficient (Wildman–Crippen LogP) is 9.35. The summed E-state index contributed by atoms with van der Waals surface area (Å²) in [5, 5.41) is 4.64. The third-order valence-corrected chi connectivity index (χ3v) is 7.60. The van der Waals surface area contributed by atoms with Crippen LogP contribution in [0.5, 0.6) is 0 Å². The summed E-state index contributed by atoms with van der Waals surface area (Å²) in [7, 11) is 0. The maximum absolute atomic E-state index is 5.11. The van der Waals surface area contributed by atoms with Gasteiger partial charge in [0.25, 0.3) is 0 Å². The molecule has 2 aromatic heterocycles. The molecule has 0 radical (unpaired) electrons. The first-order chi connectivity index (χ1) is 19.8. The summed E-state index contributed by atoms with van der Waals surface area (Å²) in [6.45, 7) is 0. The second-order valence-corrected chi connectivity index (χ2v) is 9.94. The molecule has 0 N–H and O–H groups in total. The van der Waals surface area contributed by atoms with Gasteiger partial charge in [0.05, 0.1) is 28.3 Å². The Morgan fingerprint density at radius 2 is 1.15 bits per heavy atom. The van der Waals surface area contributed by atoms with Crippen LogP contribution in [0.1, 0.15) is 0 Å². The molecule has 0 saturated carbocycles. The highest BCUT2D eigenvalue weighted by Gasteiger charge is 2.18. The van der Waals surface area contributed by atoms with E-state index < -0.39 is 0 Å². The van der Waals surface area contributed by atoms with E-state index in [0.717, 1.165) is 50.3 Å². The lowest BCUT2D eigenvalue weighted by molar-refractivity contribution is 1.08. The highest BCUT2D eigenvalue weighted by Crippen LogP contribution is 2.39. The SMILES string of the molecule is c1ccc(N(c2ccccc2)c2ccc3c(c2)c2ccccc2n3-c2cnc3c(ccc4ccccc43)n2)cc1. The number of para-hydroxylation sites is 3. The number of hydrogen-bond donors (Lipinski definition) is 0. The van der Waals surface area contributed by atoms with Gasteiger partial charge in [-0.25, -0.2) is 4.98 Å². The molecule has 188 valence electrons. The number of benzene rings is 6. The minimum Gasteiger partial charge on any atom is -0.310 e. The molecule has 4 heteroatoms. The first-order valence-corrected chi connectivity index (χ1v) is 13.4. The predicted molar refractivity (Wildman–Crippen MR) is 166 cm³/mol. The second-order valence-electron chi connectivity index (χ2n) is 9.94. The number of rotatable bonds is 4. The molecule has 0 amide bonds. The van der Waals surface area contributed by atoms with Gasteiger partial charge in [-0.2, -0.15) is 0 Å². The smallest absolute Gasteiger partial charge is 0.156 e.